The highest BCUT2D eigenvalue weighted by atomic mass is 32.2. The Morgan fingerprint density at radius 1 is 0.846 bits per heavy atom. The van der Waals surface area contributed by atoms with Gasteiger partial charge in [-0.3, -0.25) is 10.1 Å². The Hall–Kier alpha value is -2.89. The van der Waals surface area contributed by atoms with Crippen LogP contribution in [-0.2, 0) is 9.84 Å². The van der Waals surface area contributed by atoms with Crippen molar-refractivity contribution in [2.75, 3.05) is 0 Å². The van der Waals surface area contributed by atoms with Crippen molar-refractivity contribution >= 4 is 15.9 Å². The van der Waals surface area contributed by atoms with E-state index < -0.39 is 65.2 Å². The molecule has 0 bridgehead atoms. The van der Waals surface area contributed by atoms with Crippen molar-refractivity contribution in [1.82, 2.24) is 0 Å². The molecular formula is C14H5F6NO4S. The molecule has 0 aromatic heterocycles. The molecule has 2 aromatic rings. The lowest BCUT2D eigenvalue weighted by atomic mass is 10.1. The van der Waals surface area contributed by atoms with Crippen molar-refractivity contribution in [2.45, 2.75) is 4.90 Å². The van der Waals surface area contributed by atoms with Crippen molar-refractivity contribution in [3.05, 3.63) is 79.9 Å². The molecule has 0 unspecified atom stereocenters. The molecule has 0 atom stereocenters. The zero-order valence-corrected chi connectivity index (χ0v) is 13.0. The van der Waals surface area contributed by atoms with Crippen LogP contribution < -0.4 is 0 Å². The Bertz CT molecular complexity index is 1010. The Kier molecular flexibility index (Phi) is 5.07. The van der Waals surface area contributed by atoms with E-state index in [0.717, 1.165) is 0 Å². The standard InChI is InChI=1S/C14H5F6NO4S/c15-6-1-3-7(4-2-6)26(24,25)9(21(22)23)5-8-10(16)12(18)14(20)13(19)11(8)17/h1-5H/b9-5+. The molecule has 0 aliphatic carbocycles. The Morgan fingerprint density at radius 3 is 1.69 bits per heavy atom. The van der Waals surface area contributed by atoms with E-state index in [9.17, 15) is 44.9 Å². The van der Waals surface area contributed by atoms with Crippen molar-refractivity contribution in [1.29, 1.82) is 0 Å². The average Bonchev–Trinajstić information content (AvgIpc) is 2.58. The van der Waals surface area contributed by atoms with E-state index in [1.165, 1.54) is 0 Å². The van der Waals surface area contributed by atoms with Gasteiger partial charge in [0.05, 0.1) is 15.4 Å². The molecule has 12 heteroatoms. The van der Waals surface area contributed by atoms with Crippen LogP contribution in [0.1, 0.15) is 5.56 Å². The second-order valence-electron chi connectivity index (χ2n) is 4.68. The van der Waals surface area contributed by atoms with Gasteiger partial charge in [0.15, 0.2) is 23.3 Å². The highest BCUT2D eigenvalue weighted by Gasteiger charge is 2.34. The number of rotatable bonds is 4. The van der Waals surface area contributed by atoms with Crippen molar-refractivity contribution < 1.29 is 39.7 Å². The van der Waals surface area contributed by atoms with E-state index >= 15 is 0 Å². The lowest BCUT2D eigenvalue weighted by Gasteiger charge is -2.06. The van der Waals surface area contributed by atoms with Gasteiger partial charge in [0, 0.05) is 6.08 Å². The SMILES string of the molecule is O=[N+]([O-])/C(=C\c1c(F)c(F)c(F)c(F)c1F)S(=O)(=O)c1ccc(F)cc1. The Morgan fingerprint density at radius 2 is 1.27 bits per heavy atom. The first-order valence-corrected chi connectivity index (χ1v) is 7.85. The highest BCUT2D eigenvalue weighted by Crippen LogP contribution is 2.28. The highest BCUT2D eigenvalue weighted by molar-refractivity contribution is 7.95. The van der Waals surface area contributed by atoms with Crippen molar-refractivity contribution in [3.63, 3.8) is 0 Å². The van der Waals surface area contributed by atoms with Gasteiger partial charge in [-0.15, -0.1) is 0 Å². The summed E-state index contributed by atoms with van der Waals surface area (Å²) in [4.78, 5) is 8.61. The van der Waals surface area contributed by atoms with Gasteiger partial charge in [0.1, 0.15) is 5.82 Å². The molecule has 26 heavy (non-hydrogen) atoms. The molecule has 5 nitrogen and oxygen atoms in total. The molecule has 138 valence electrons. The molecule has 0 N–H and O–H groups in total. The molecule has 0 radical (unpaired) electrons. The zero-order chi connectivity index (χ0) is 19.8. The van der Waals surface area contributed by atoms with Gasteiger partial charge >= 0.3 is 5.03 Å². The number of benzene rings is 2. The summed E-state index contributed by atoms with van der Waals surface area (Å²) in [6.07, 6.45) is -0.297. The second kappa shape index (κ2) is 6.78. The lowest BCUT2D eigenvalue weighted by Crippen LogP contribution is -2.14. The van der Waals surface area contributed by atoms with Crippen LogP contribution in [-0.4, -0.2) is 13.3 Å². The van der Waals surface area contributed by atoms with Crippen LogP contribution in [0.3, 0.4) is 0 Å². The Balaban J connectivity index is 2.77. The molecule has 0 amide bonds. The predicted octanol–water partition coefficient (Wildman–Crippen LogP) is 3.57. The van der Waals surface area contributed by atoms with Crippen LogP contribution in [0.4, 0.5) is 26.3 Å². The molecule has 0 aliphatic heterocycles. The van der Waals surface area contributed by atoms with Crippen LogP contribution in [0.25, 0.3) is 6.08 Å². The van der Waals surface area contributed by atoms with Crippen molar-refractivity contribution in [2.24, 2.45) is 0 Å². The minimum Gasteiger partial charge on any atom is -0.258 e. The molecule has 0 aliphatic rings. The van der Waals surface area contributed by atoms with E-state index in [-0.39, 0.29) is 6.08 Å². The second-order valence-corrected chi connectivity index (χ2v) is 6.58. The number of nitro groups is 1. The van der Waals surface area contributed by atoms with E-state index in [1.807, 2.05) is 0 Å². The first-order chi connectivity index (χ1) is 12.0. The molecule has 0 fully saturated rings. The summed E-state index contributed by atoms with van der Waals surface area (Å²) in [5.74, 6) is -13.1. The summed E-state index contributed by atoms with van der Waals surface area (Å²) in [5.41, 5.74) is -1.81. The topological polar surface area (TPSA) is 77.3 Å². The number of hydrogen-bond donors (Lipinski definition) is 0. The third-order valence-electron chi connectivity index (χ3n) is 3.09. The largest absolute Gasteiger partial charge is 0.364 e. The van der Waals surface area contributed by atoms with Gasteiger partial charge in [-0.05, 0) is 24.3 Å². The molecular weight excluding hydrogens is 392 g/mol. The minimum absolute atomic E-state index is 0.297. The summed E-state index contributed by atoms with van der Waals surface area (Å²) in [6.45, 7) is 0. The fourth-order valence-electron chi connectivity index (χ4n) is 1.83. The van der Waals surface area contributed by atoms with Gasteiger partial charge in [0.2, 0.25) is 5.82 Å². The number of halogens is 6. The smallest absolute Gasteiger partial charge is 0.258 e. The molecule has 2 rings (SSSR count). The molecule has 0 heterocycles. The summed E-state index contributed by atoms with van der Waals surface area (Å²) in [6, 6.07) is 2.53. The number of hydrogen-bond acceptors (Lipinski definition) is 4. The fourth-order valence-corrected chi connectivity index (χ4v) is 3.04. The molecule has 0 saturated heterocycles. The number of nitrogens with zero attached hydrogens (tertiary/aromatic N) is 1. The van der Waals surface area contributed by atoms with E-state index in [1.54, 1.807) is 0 Å². The third-order valence-corrected chi connectivity index (χ3v) is 4.80. The first-order valence-electron chi connectivity index (χ1n) is 6.36. The summed E-state index contributed by atoms with van der Waals surface area (Å²) < 4.78 is 104. The maximum atomic E-state index is 13.6. The Labute approximate surface area is 141 Å². The van der Waals surface area contributed by atoms with E-state index in [2.05, 4.69) is 0 Å². The van der Waals surface area contributed by atoms with E-state index in [4.69, 9.17) is 0 Å². The van der Waals surface area contributed by atoms with E-state index in [0.29, 0.717) is 24.3 Å². The lowest BCUT2D eigenvalue weighted by molar-refractivity contribution is -0.410. The average molecular weight is 397 g/mol. The zero-order valence-electron chi connectivity index (χ0n) is 12.1. The summed E-state index contributed by atoms with van der Waals surface area (Å²) >= 11 is 0. The predicted molar refractivity (Wildman–Crippen MR) is 74.8 cm³/mol. The molecule has 0 spiro atoms. The van der Waals surface area contributed by atoms with Crippen LogP contribution in [0.2, 0.25) is 0 Å². The minimum atomic E-state index is -5.06. The van der Waals surface area contributed by atoms with Crippen LogP contribution in [0, 0.1) is 45.0 Å². The third kappa shape index (κ3) is 3.27. The normalized spacial score (nSPS) is 12.3. The van der Waals surface area contributed by atoms with Gasteiger partial charge in [0.25, 0.3) is 9.84 Å². The summed E-state index contributed by atoms with van der Waals surface area (Å²) in [5, 5.41) is 9.16. The van der Waals surface area contributed by atoms with Gasteiger partial charge in [-0.25, -0.2) is 34.8 Å². The maximum absolute atomic E-state index is 13.6. The number of sulfone groups is 1. The van der Waals surface area contributed by atoms with Crippen LogP contribution >= 0.6 is 0 Å². The molecule has 0 saturated carbocycles. The maximum Gasteiger partial charge on any atom is 0.364 e. The van der Waals surface area contributed by atoms with Crippen molar-refractivity contribution in [3.8, 4) is 0 Å². The summed E-state index contributed by atoms with van der Waals surface area (Å²) in [7, 11) is -5.06. The van der Waals surface area contributed by atoms with Crippen LogP contribution in [0.15, 0.2) is 34.2 Å². The quantitative estimate of drug-likeness (QED) is 0.197. The van der Waals surface area contributed by atoms with Crippen LogP contribution in [0.5, 0.6) is 0 Å². The van der Waals surface area contributed by atoms with Gasteiger partial charge in [-0.2, -0.15) is 0 Å². The fraction of sp³-hybridized carbons (Fsp3) is 0. The monoisotopic (exact) mass is 397 g/mol. The van der Waals surface area contributed by atoms with Gasteiger partial charge in [-0.1, -0.05) is 0 Å². The molecule has 2 aromatic carbocycles. The van der Waals surface area contributed by atoms with Gasteiger partial charge < -0.3 is 0 Å². The first kappa shape index (κ1) is 19.4.